The molecule has 0 aliphatic rings. The van der Waals surface area contributed by atoms with Crippen LogP contribution in [0.4, 0.5) is 13.2 Å². The second kappa shape index (κ2) is 6.60. The van der Waals surface area contributed by atoms with Gasteiger partial charge >= 0.3 is 18.1 Å². The van der Waals surface area contributed by atoms with E-state index in [1.54, 1.807) is 24.3 Å². The highest BCUT2D eigenvalue weighted by atomic mass is 19.4. The molecule has 0 unspecified atom stereocenters. The number of nitrogens with two attached hydrogens (primary N) is 1. The van der Waals surface area contributed by atoms with Crippen LogP contribution < -0.4 is 5.73 Å². The normalized spacial score (nSPS) is 10.2. The van der Waals surface area contributed by atoms with E-state index in [1.807, 2.05) is 0 Å². The summed E-state index contributed by atoms with van der Waals surface area (Å²) >= 11 is 0. The number of halogens is 3. The summed E-state index contributed by atoms with van der Waals surface area (Å²) in [5, 5.41) is 15.6. The van der Waals surface area contributed by atoms with Gasteiger partial charge in [-0.05, 0) is 17.7 Å². The van der Waals surface area contributed by atoms with Gasteiger partial charge < -0.3 is 15.9 Å². The third kappa shape index (κ3) is 5.85. The number of carboxylic acids is 2. The van der Waals surface area contributed by atoms with E-state index in [9.17, 15) is 18.0 Å². The molecule has 1 aromatic rings. The first kappa shape index (κ1) is 15.9. The van der Waals surface area contributed by atoms with E-state index in [0.717, 1.165) is 5.56 Å². The van der Waals surface area contributed by atoms with Crippen LogP contribution in [0.15, 0.2) is 24.3 Å². The molecule has 0 atom stereocenters. The smallest absolute Gasteiger partial charge is 0.478 e. The van der Waals surface area contributed by atoms with Crippen molar-refractivity contribution in [1.82, 2.24) is 0 Å². The quantitative estimate of drug-likeness (QED) is 0.751. The van der Waals surface area contributed by atoms with Gasteiger partial charge in [-0.1, -0.05) is 12.1 Å². The number of alkyl halides is 3. The van der Waals surface area contributed by atoms with Crippen LogP contribution in [-0.4, -0.2) is 28.3 Å². The number of aliphatic carboxylic acids is 1. The maximum Gasteiger partial charge on any atom is 0.490 e. The van der Waals surface area contributed by atoms with Gasteiger partial charge in [-0.2, -0.15) is 13.2 Å². The van der Waals surface area contributed by atoms with Crippen molar-refractivity contribution in [3.05, 3.63) is 35.4 Å². The second-order valence-corrected chi connectivity index (χ2v) is 3.01. The van der Waals surface area contributed by atoms with Gasteiger partial charge in [0.15, 0.2) is 0 Å². The van der Waals surface area contributed by atoms with Crippen molar-refractivity contribution >= 4 is 11.9 Å². The number of carboxylic acid groups (broad SMARTS) is 2. The van der Waals surface area contributed by atoms with E-state index >= 15 is 0 Å². The molecule has 0 amide bonds. The molecule has 1 aromatic carbocycles. The average Bonchev–Trinajstić information content (AvgIpc) is 2.28. The topological polar surface area (TPSA) is 101 Å². The Morgan fingerprint density at radius 1 is 1.11 bits per heavy atom. The van der Waals surface area contributed by atoms with Crippen LogP contribution in [-0.2, 0) is 11.3 Å². The Balaban J connectivity index is 0.000000360. The molecule has 0 saturated heterocycles. The Hall–Kier alpha value is -2.09. The number of hydrogen-bond acceptors (Lipinski definition) is 3. The number of benzene rings is 1. The molecule has 0 radical (unpaired) electrons. The Labute approximate surface area is 99.6 Å². The van der Waals surface area contributed by atoms with Gasteiger partial charge in [0.25, 0.3) is 0 Å². The monoisotopic (exact) mass is 265 g/mol. The number of aromatic carboxylic acids is 1. The van der Waals surface area contributed by atoms with Crippen LogP contribution in [0, 0.1) is 0 Å². The van der Waals surface area contributed by atoms with Gasteiger partial charge in [-0.15, -0.1) is 0 Å². The second-order valence-electron chi connectivity index (χ2n) is 3.01. The number of rotatable bonds is 2. The molecular formula is C10H10F3NO4. The highest BCUT2D eigenvalue weighted by molar-refractivity contribution is 5.87. The van der Waals surface area contributed by atoms with Crippen LogP contribution in [0.5, 0.6) is 0 Å². The van der Waals surface area contributed by atoms with Crippen LogP contribution in [0.2, 0.25) is 0 Å². The number of hydrogen-bond donors (Lipinski definition) is 3. The Morgan fingerprint density at radius 3 is 1.72 bits per heavy atom. The molecule has 4 N–H and O–H groups in total. The molecule has 100 valence electrons. The third-order valence-electron chi connectivity index (χ3n) is 1.68. The predicted molar refractivity (Wildman–Crippen MR) is 55.0 cm³/mol. The summed E-state index contributed by atoms with van der Waals surface area (Å²) in [6, 6.07) is 6.52. The number of carbonyl (C=O) groups is 2. The Morgan fingerprint density at radius 2 is 1.50 bits per heavy atom. The molecule has 0 bridgehead atoms. The highest BCUT2D eigenvalue weighted by Gasteiger charge is 2.38. The standard InChI is InChI=1S/C8H9NO2.C2HF3O2/c9-5-6-1-3-7(4-2-6)8(10)11;3-2(4,5)1(6)7/h1-4H,5,9H2,(H,10,11);(H,6,7). The molecule has 5 nitrogen and oxygen atoms in total. The summed E-state index contributed by atoms with van der Waals surface area (Å²) in [5.74, 6) is -3.67. The fraction of sp³-hybridized carbons (Fsp3) is 0.200. The first-order valence-electron chi connectivity index (χ1n) is 4.51. The lowest BCUT2D eigenvalue weighted by atomic mass is 10.1. The van der Waals surface area contributed by atoms with Crippen LogP contribution in [0.1, 0.15) is 15.9 Å². The molecule has 0 heterocycles. The molecule has 1 rings (SSSR count). The summed E-state index contributed by atoms with van der Waals surface area (Å²) in [6.07, 6.45) is -5.08. The predicted octanol–water partition coefficient (Wildman–Crippen LogP) is 1.48. The SMILES string of the molecule is NCc1ccc(C(=O)O)cc1.O=C(O)C(F)(F)F. The van der Waals surface area contributed by atoms with E-state index < -0.39 is 18.1 Å². The lowest BCUT2D eigenvalue weighted by Crippen LogP contribution is -2.21. The maximum absolute atomic E-state index is 10.6. The highest BCUT2D eigenvalue weighted by Crippen LogP contribution is 2.13. The largest absolute Gasteiger partial charge is 0.490 e. The molecule has 0 aliphatic heterocycles. The zero-order chi connectivity index (χ0) is 14.3. The Bertz CT molecular complexity index is 414. The first-order valence-corrected chi connectivity index (χ1v) is 4.51. The van der Waals surface area contributed by atoms with Gasteiger partial charge in [0, 0.05) is 6.54 Å². The van der Waals surface area contributed by atoms with Crippen LogP contribution in [0.3, 0.4) is 0 Å². The van der Waals surface area contributed by atoms with Crippen molar-refractivity contribution in [1.29, 1.82) is 0 Å². The summed E-state index contributed by atoms with van der Waals surface area (Å²) in [4.78, 5) is 19.3. The fourth-order valence-corrected chi connectivity index (χ4v) is 0.783. The summed E-state index contributed by atoms with van der Waals surface area (Å²) in [6.45, 7) is 0.444. The lowest BCUT2D eigenvalue weighted by Gasteiger charge is -1.96. The van der Waals surface area contributed by atoms with Crippen molar-refractivity contribution in [3.63, 3.8) is 0 Å². The fourth-order valence-electron chi connectivity index (χ4n) is 0.783. The summed E-state index contributed by atoms with van der Waals surface area (Å²) in [5.41, 5.74) is 6.56. The minimum absolute atomic E-state index is 0.294. The van der Waals surface area contributed by atoms with E-state index in [4.69, 9.17) is 20.7 Å². The van der Waals surface area contributed by atoms with Gasteiger partial charge in [0.2, 0.25) is 0 Å². The first-order chi connectivity index (χ1) is 8.18. The van der Waals surface area contributed by atoms with Crippen LogP contribution in [0.25, 0.3) is 0 Å². The van der Waals surface area contributed by atoms with E-state index in [2.05, 4.69) is 0 Å². The Kier molecular flexibility index (Phi) is 5.83. The summed E-state index contributed by atoms with van der Waals surface area (Å²) < 4.78 is 31.7. The molecule has 0 aromatic heterocycles. The van der Waals surface area contributed by atoms with Crippen molar-refractivity contribution in [2.75, 3.05) is 0 Å². The van der Waals surface area contributed by atoms with Gasteiger partial charge in [0.05, 0.1) is 5.56 Å². The van der Waals surface area contributed by atoms with Crippen molar-refractivity contribution in [2.24, 2.45) is 5.73 Å². The van der Waals surface area contributed by atoms with Crippen molar-refractivity contribution in [3.8, 4) is 0 Å². The maximum atomic E-state index is 10.6. The minimum atomic E-state index is -5.08. The lowest BCUT2D eigenvalue weighted by molar-refractivity contribution is -0.192. The van der Waals surface area contributed by atoms with Gasteiger partial charge in [-0.3, -0.25) is 0 Å². The molecule has 0 spiro atoms. The van der Waals surface area contributed by atoms with E-state index in [0.29, 0.717) is 12.1 Å². The van der Waals surface area contributed by atoms with Crippen LogP contribution >= 0.6 is 0 Å². The zero-order valence-electron chi connectivity index (χ0n) is 8.94. The third-order valence-corrected chi connectivity index (χ3v) is 1.68. The van der Waals surface area contributed by atoms with Gasteiger partial charge in [-0.25, -0.2) is 9.59 Å². The molecule has 0 aliphatic carbocycles. The zero-order valence-corrected chi connectivity index (χ0v) is 8.94. The van der Waals surface area contributed by atoms with E-state index in [1.165, 1.54) is 0 Å². The van der Waals surface area contributed by atoms with E-state index in [-0.39, 0.29) is 0 Å². The molecule has 0 fully saturated rings. The summed E-state index contributed by atoms with van der Waals surface area (Å²) in [7, 11) is 0. The van der Waals surface area contributed by atoms with Gasteiger partial charge in [0.1, 0.15) is 0 Å². The minimum Gasteiger partial charge on any atom is -0.478 e. The molecule has 0 saturated carbocycles. The van der Waals surface area contributed by atoms with Crippen molar-refractivity contribution in [2.45, 2.75) is 12.7 Å². The van der Waals surface area contributed by atoms with Crippen molar-refractivity contribution < 1.29 is 33.0 Å². The molecule has 18 heavy (non-hydrogen) atoms. The molecular weight excluding hydrogens is 255 g/mol. The average molecular weight is 265 g/mol. The molecule has 8 heteroatoms.